The Morgan fingerprint density at radius 3 is 1.72 bits per heavy atom. The molecular weight excluding hydrogens is 283 g/mol. The molecule has 0 spiro atoms. The van der Waals surface area contributed by atoms with Crippen molar-refractivity contribution >= 4 is 0 Å². The van der Waals surface area contributed by atoms with Crippen LogP contribution in [0.3, 0.4) is 0 Å². The number of nitrogens with zero attached hydrogens (tertiary/aromatic N) is 2. The summed E-state index contributed by atoms with van der Waals surface area (Å²) in [5, 5.41) is 0. The summed E-state index contributed by atoms with van der Waals surface area (Å²) in [6.07, 6.45) is -12.3. The molecule has 0 unspecified atom stereocenters. The van der Waals surface area contributed by atoms with Crippen LogP contribution in [-0.2, 0) is 12.1 Å². The van der Waals surface area contributed by atoms with Crippen LogP contribution in [0.25, 0.3) is 0 Å². The average molecular weight is 284 g/mol. The zero-order valence-electron chi connectivity index (χ0n) is 7.87. The lowest BCUT2D eigenvalue weighted by atomic mass is 10.1. The number of alkyl halides is 8. The fraction of sp³-hybridized carbons (Fsp3) is 0.429. The first kappa shape index (κ1) is 14.5. The highest BCUT2D eigenvalue weighted by Gasteiger charge is 2.63. The SMILES string of the molecule is Fc1ncnc(C(F)(F)C(F)(F)F)c1C(F)(F)F. The van der Waals surface area contributed by atoms with Crippen molar-refractivity contribution < 1.29 is 39.5 Å². The van der Waals surface area contributed by atoms with Crippen LogP contribution < -0.4 is 0 Å². The minimum Gasteiger partial charge on any atom is -0.234 e. The predicted molar refractivity (Wildman–Crippen MR) is 36.9 cm³/mol. The lowest BCUT2D eigenvalue weighted by molar-refractivity contribution is -0.292. The van der Waals surface area contributed by atoms with Gasteiger partial charge in [-0.25, -0.2) is 9.97 Å². The standard InChI is InChI=1S/C7HF9N2/c8-4-2(6(11,12)13)3(17-1-18-4)5(9,10)7(14,15)16/h1H. The summed E-state index contributed by atoms with van der Waals surface area (Å²) in [6, 6.07) is 0. The van der Waals surface area contributed by atoms with E-state index in [0.29, 0.717) is 0 Å². The van der Waals surface area contributed by atoms with Crippen molar-refractivity contribution in [3.63, 3.8) is 0 Å². The van der Waals surface area contributed by atoms with Crippen LogP contribution in [0.1, 0.15) is 11.3 Å². The van der Waals surface area contributed by atoms with Gasteiger partial charge in [0.15, 0.2) is 0 Å². The van der Waals surface area contributed by atoms with E-state index in [0.717, 1.165) is 0 Å². The van der Waals surface area contributed by atoms with Crippen molar-refractivity contribution in [2.45, 2.75) is 18.3 Å². The van der Waals surface area contributed by atoms with Crippen molar-refractivity contribution in [3.8, 4) is 0 Å². The van der Waals surface area contributed by atoms with E-state index in [4.69, 9.17) is 0 Å². The number of hydrogen-bond acceptors (Lipinski definition) is 2. The maximum absolute atomic E-state index is 12.8. The summed E-state index contributed by atoms with van der Waals surface area (Å²) < 4.78 is 111. The van der Waals surface area contributed by atoms with Crippen LogP contribution in [0.2, 0.25) is 0 Å². The van der Waals surface area contributed by atoms with Gasteiger partial charge in [-0.05, 0) is 0 Å². The van der Waals surface area contributed by atoms with Crippen LogP contribution in [0.5, 0.6) is 0 Å². The summed E-state index contributed by atoms with van der Waals surface area (Å²) in [5.74, 6) is -8.45. The molecule has 18 heavy (non-hydrogen) atoms. The molecule has 0 radical (unpaired) electrons. The van der Waals surface area contributed by atoms with Gasteiger partial charge in [0, 0.05) is 0 Å². The monoisotopic (exact) mass is 284 g/mol. The molecule has 0 amide bonds. The Hall–Kier alpha value is -1.55. The van der Waals surface area contributed by atoms with Gasteiger partial charge in [0.2, 0.25) is 5.95 Å². The first-order valence-electron chi connectivity index (χ1n) is 3.91. The molecule has 0 aliphatic heterocycles. The Morgan fingerprint density at radius 1 is 0.833 bits per heavy atom. The van der Waals surface area contributed by atoms with Gasteiger partial charge in [0.25, 0.3) is 0 Å². The highest BCUT2D eigenvalue weighted by Crippen LogP contribution is 2.47. The third-order valence-electron chi connectivity index (χ3n) is 1.74. The molecule has 0 bridgehead atoms. The first-order valence-corrected chi connectivity index (χ1v) is 3.91. The molecule has 11 heteroatoms. The maximum atomic E-state index is 12.8. The maximum Gasteiger partial charge on any atom is 0.459 e. The van der Waals surface area contributed by atoms with Crippen molar-refractivity contribution in [3.05, 3.63) is 23.5 Å². The normalized spacial score (nSPS) is 13.8. The van der Waals surface area contributed by atoms with Gasteiger partial charge in [-0.1, -0.05) is 0 Å². The van der Waals surface area contributed by atoms with Crippen LogP contribution in [-0.4, -0.2) is 16.1 Å². The lowest BCUT2D eigenvalue weighted by Gasteiger charge is -2.21. The zero-order chi connectivity index (χ0) is 14.4. The van der Waals surface area contributed by atoms with Gasteiger partial charge in [0.1, 0.15) is 17.6 Å². The van der Waals surface area contributed by atoms with E-state index < -0.39 is 35.5 Å². The van der Waals surface area contributed by atoms with Gasteiger partial charge >= 0.3 is 18.3 Å². The Balaban J connectivity index is 3.57. The van der Waals surface area contributed by atoms with Crippen LogP contribution >= 0.6 is 0 Å². The second-order valence-corrected chi connectivity index (χ2v) is 2.96. The van der Waals surface area contributed by atoms with Crippen molar-refractivity contribution in [2.24, 2.45) is 0 Å². The van der Waals surface area contributed by atoms with Crippen molar-refractivity contribution in [1.29, 1.82) is 0 Å². The highest BCUT2D eigenvalue weighted by atomic mass is 19.4. The number of halogens is 9. The van der Waals surface area contributed by atoms with Gasteiger partial charge < -0.3 is 0 Å². The third-order valence-corrected chi connectivity index (χ3v) is 1.74. The van der Waals surface area contributed by atoms with E-state index in [1.54, 1.807) is 0 Å². The molecular formula is C7HF9N2. The molecule has 1 aromatic heterocycles. The summed E-state index contributed by atoms with van der Waals surface area (Å²) in [5.41, 5.74) is -5.61. The molecule has 0 fully saturated rings. The topological polar surface area (TPSA) is 25.8 Å². The minimum atomic E-state index is -6.34. The van der Waals surface area contributed by atoms with Crippen LogP contribution in [0, 0.1) is 5.95 Å². The molecule has 0 atom stereocenters. The molecule has 102 valence electrons. The van der Waals surface area contributed by atoms with E-state index in [2.05, 4.69) is 9.97 Å². The van der Waals surface area contributed by atoms with Crippen LogP contribution in [0.4, 0.5) is 39.5 Å². The van der Waals surface area contributed by atoms with E-state index in [9.17, 15) is 39.5 Å². The average Bonchev–Trinajstić information content (AvgIpc) is 2.13. The van der Waals surface area contributed by atoms with Gasteiger partial charge in [-0.3, -0.25) is 0 Å². The number of rotatable bonds is 1. The molecule has 0 N–H and O–H groups in total. The summed E-state index contributed by atoms with van der Waals surface area (Å²) >= 11 is 0. The second-order valence-electron chi connectivity index (χ2n) is 2.96. The first-order chi connectivity index (χ1) is 7.89. The Labute approximate surface area is 92.5 Å². The largest absolute Gasteiger partial charge is 0.459 e. The smallest absolute Gasteiger partial charge is 0.234 e. The molecule has 1 rings (SSSR count). The zero-order valence-corrected chi connectivity index (χ0v) is 7.87. The lowest BCUT2D eigenvalue weighted by Crippen LogP contribution is -2.37. The van der Waals surface area contributed by atoms with Gasteiger partial charge in [-0.15, -0.1) is 0 Å². The Kier molecular flexibility index (Phi) is 3.21. The van der Waals surface area contributed by atoms with Crippen LogP contribution in [0.15, 0.2) is 6.33 Å². The quantitative estimate of drug-likeness (QED) is 0.584. The second kappa shape index (κ2) is 3.99. The Bertz CT molecular complexity index is 447. The molecule has 0 aliphatic carbocycles. The molecule has 0 aromatic carbocycles. The number of aromatic nitrogens is 2. The van der Waals surface area contributed by atoms with Gasteiger partial charge in [0.05, 0.1) is 0 Å². The van der Waals surface area contributed by atoms with Gasteiger partial charge in [-0.2, -0.15) is 39.5 Å². The summed E-state index contributed by atoms with van der Waals surface area (Å²) in [6.45, 7) is 0. The molecule has 0 aliphatic rings. The molecule has 2 nitrogen and oxygen atoms in total. The van der Waals surface area contributed by atoms with E-state index in [-0.39, 0.29) is 6.33 Å². The van der Waals surface area contributed by atoms with E-state index in [1.165, 1.54) is 0 Å². The molecule has 0 saturated heterocycles. The Morgan fingerprint density at radius 2 is 1.33 bits per heavy atom. The van der Waals surface area contributed by atoms with E-state index >= 15 is 0 Å². The summed E-state index contributed by atoms with van der Waals surface area (Å²) in [7, 11) is 0. The van der Waals surface area contributed by atoms with Crippen molar-refractivity contribution in [2.75, 3.05) is 0 Å². The highest BCUT2D eigenvalue weighted by molar-refractivity contribution is 5.26. The molecule has 1 aromatic rings. The third kappa shape index (κ3) is 2.34. The molecule has 0 saturated carbocycles. The van der Waals surface area contributed by atoms with Crippen molar-refractivity contribution in [1.82, 2.24) is 9.97 Å². The summed E-state index contributed by atoms with van der Waals surface area (Å²) in [4.78, 5) is 4.51. The predicted octanol–water partition coefficient (Wildman–Crippen LogP) is 3.29. The van der Waals surface area contributed by atoms with E-state index in [1.807, 2.05) is 0 Å². The molecule has 1 heterocycles. The minimum absolute atomic E-state index is 0.153. The fourth-order valence-electron chi connectivity index (χ4n) is 0.988. The fourth-order valence-corrected chi connectivity index (χ4v) is 0.988. The number of hydrogen-bond donors (Lipinski definition) is 0.